The number of rotatable bonds is 3. The first-order chi connectivity index (χ1) is 10.3. The summed E-state index contributed by atoms with van der Waals surface area (Å²) in [5, 5.41) is 4.46. The Morgan fingerprint density at radius 3 is 2.95 bits per heavy atom. The van der Waals surface area contributed by atoms with E-state index in [1.807, 2.05) is 6.07 Å². The minimum absolute atomic E-state index is 0.403. The van der Waals surface area contributed by atoms with Gasteiger partial charge in [0.1, 0.15) is 18.0 Å². The summed E-state index contributed by atoms with van der Waals surface area (Å²) in [6, 6.07) is 4.12. The Bertz CT molecular complexity index is 658. The van der Waals surface area contributed by atoms with Gasteiger partial charge in [0.15, 0.2) is 5.65 Å². The standard InChI is InChI=1S/C15H19N5O/c16-13-4-3-11-14(17-8-18-15(11)20-13)19-10-5-6-21-12(7-10)9-1-2-9/h3-4,8-10,12H,1-2,5-7H2,(H3,16,17,18,19,20). The summed E-state index contributed by atoms with van der Waals surface area (Å²) >= 11 is 0. The van der Waals surface area contributed by atoms with Crippen LogP contribution < -0.4 is 11.1 Å². The normalized spacial score (nSPS) is 25.9. The zero-order valence-electron chi connectivity index (χ0n) is 11.8. The van der Waals surface area contributed by atoms with Crippen LogP contribution in [-0.4, -0.2) is 33.7 Å². The van der Waals surface area contributed by atoms with Crippen molar-refractivity contribution in [3.8, 4) is 0 Å². The lowest BCUT2D eigenvalue weighted by molar-refractivity contribution is -0.00221. The summed E-state index contributed by atoms with van der Waals surface area (Å²) < 4.78 is 5.87. The number of aromatic nitrogens is 3. The van der Waals surface area contributed by atoms with Gasteiger partial charge in [-0.15, -0.1) is 0 Å². The van der Waals surface area contributed by atoms with Gasteiger partial charge in [-0.2, -0.15) is 0 Å². The molecule has 2 aromatic heterocycles. The Balaban J connectivity index is 1.56. The van der Waals surface area contributed by atoms with E-state index in [1.165, 1.54) is 19.2 Å². The molecule has 2 aliphatic rings. The predicted molar refractivity (Wildman–Crippen MR) is 80.9 cm³/mol. The number of pyridine rings is 1. The van der Waals surface area contributed by atoms with Crippen molar-refractivity contribution in [1.82, 2.24) is 15.0 Å². The molecule has 1 saturated heterocycles. The number of nitrogens with one attached hydrogen (secondary N) is 1. The highest BCUT2D eigenvalue weighted by Crippen LogP contribution is 2.38. The van der Waals surface area contributed by atoms with Crippen molar-refractivity contribution in [2.75, 3.05) is 17.7 Å². The summed E-state index contributed by atoms with van der Waals surface area (Å²) in [4.78, 5) is 12.8. The molecule has 2 aromatic rings. The first kappa shape index (κ1) is 12.8. The molecular weight excluding hydrogens is 266 g/mol. The van der Waals surface area contributed by atoms with Crippen LogP contribution in [0.2, 0.25) is 0 Å². The highest BCUT2D eigenvalue weighted by molar-refractivity contribution is 5.87. The molecule has 0 amide bonds. The van der Waals surface area contributed by atoms with Crippen LogP contribution in [-0.2, 0) is 4.74 Å². The molecule has 2 fully saturated rings. The number of hydrogen-bond acceptors (Lipinski definition) is 6. The van der Waals surface area contributed by atoms with E-state index in [0.29, 0.717) is 23.6 Å². The van der Waals surface area contributed by atoms with Crippen LogP contribution in [0.3, 0.4) is 0 Å². The van der Waals surface area contributed by atoms with Gasteiger partial charge in [0, 0.05) is 12.6 Å². The average Bonchev–Trinajstić information content (AvgIpc) is 3.32. The predicted octanol–water partition coefficient (Wildman–Crippen LogP) is 1.98. The fourth-order valence-electron chi connectivity index (χ4n) is 3.02. The second-order valence-corrected chi connectivity index (χ2v) is 5.94. The molecule has 6 heteroatoms. The van der Waals surface area contributed by atoms with Crippen LogP contribution >= 0.6 is 0 Å². The Kier molecular flexibility index (Phi) is 3.11. The van der Waals surface area contributed by atoms with Crippen LogP contribution in [0, 0.1) is 5.92 Å². The lowest BCUT2D eigenvalue weighted by Crippen LogP contribution is -2.35. The lowest BCUT2D eigenvalue weighted by Gasteiger charge is -2.30. The van der Waals surface area contributed by atoms with Gasteiger partial charge in [-0.25, -0.2) is 15.0 Å². The Hall–Kier alpha value is -1.95. The topological polar surface area (TPSA) is 86.0 Å². The Morgan fingerprint density at radius 2 is 2.10 bits per heavy atom. The molecule has 0 bridgehead atoms. The number of ether oxygens (including phenoxy) is 1. The molecule has 1 saturated carbocycles. The number of nitrogens with two attached hydrogens (primary N) is 1. The molecule has 2 unspecified atom stereocenters. The van der Waals surface area contributed by atoms with Crippen molar-refractivity contribution in [1.29, 1.82) is 0 Å². The molecule has 3 heterocycles. The minimum atomic E-state index is 0.403. The Labute approximate surface area is 123 Å². The summed E-state index contributed by atoms with van der Waals surface area (Å²) in [6.07, 6.45) is 6.65. The smallest absolute Gasteiger partial charge is 0.166 e. The highest BCUT2D eigenvalue weighted by atomic mass is 16.5. The van der Waals surface area contributed by atoms with Crippen LogP contribution in [0.1, 0.15) is 25.7 Å². The number of hydrogen-bond donors (Lipinski definition) is 2. The molecule has 6 nitrogen and oxygen atoms in total. The van der Waals surface area contributed by atoms with Gasteiger partial charge in [-0.1, -0.05) is 0 Å². The molecule has 110 valence electrons. The van der Waals surface area contributed by atoms with Gasteiger partial charge in [-0.3, -0.25) is 0 Å². The van der Waals surface area contributed by atoms with E-state index in [-0.39, 0.29) is 0 Å². The van der Waals surface area contributed by atoms with Gasteiger partial charge in [0.25, 0.3) is 0 Å². The monoisotopic (exact) mass is 285 g/mol. The third kappa shape index (κ3) is 2.63. The van der Waals surface area contributed by atoms with E-state index >= 15 is 0 Å². The van der Waals surface area contributed by atoms with Crippen LogP contribution in [0.4, 0.5) is 11.6 Å². The largest absolute Gasteiger partial charge is 0.384 e. The van der Waals surface area contributed by atoms with Crippen molar-refractivity contribution in [3.63, 3.8) is 0 Å². The van der Waals surface area contributed by atoms with E-state index in [0.717, 1.165) is 36.6 Å². The van der Waals surface area contributed by atoms with Crippen molar-refractivity contribution in [2.24, 2.45) is 5.92 Å². The van der Waals surface area contributed by atoms with Gasteiger partial charge < -0.3 is 15.8 Å². The minimum Gasteiger partial charge on any atom is -0.384 e. The molecule has 21 heavy (non-hydrogen) atoms. The second-order valence-electron chi connectivity index (χ2n) is 5.94. The highest BCUT2D eigenvalue weighted by Gasteiger charge is 2.36. The van der Waals surface area contributed by atoms with Crippen molar-refractivity contribution in [3.05, 3.63) is 18.5 Å². The summed E-state index contributed by atoms with van der Waals surface area (Å²) in [7, 11) is 0. The quantitative estimate of drug-likeness (QED) is 0.896. The number of nitrogen functional groups attached to an aromatic ring is 1. The van der Waals surface area contributed by atoms with E-state index in [2.05, 4.69) is 20.3 Å². The molecule has 0 radical (unpaired) electrons. The van der Waals surface area contributed by atoms with Gasteiger partial charge >= 0.3 is 0 Å². The second kappa shape index (κ2) is 5.11. The zero-order chi connectivity index (χ0) is 14.2. The van der Waals surface area contributed by atoms with Crippen LogP contribution in [0.25, 0.3) is 11.0 Å². The van der Waals surface area contributed by atoms with E-state index in [1.54, 1.807) is 6.07 Å². The Morgan fingerprint density at radius 1 is 1.19 bits per heavy atom. The van der Waals surface area contributed by atoms with E-state index in [9.17, 15) is 0 Å². The van der Waals surface area contributed by atoms with Crippen LogP contribution in [0.5, 0.6) is 0 Å². The molecule has 0 spiro atoms. The van der Waals surface area contributed by atoms with E-state index in [4.69, 9.17) is 10.5 Å². The fraction of sp³-hybridized carbons (Fsp3) is 0.533. The number of anilines is 2. The number of nitrogens with zero attached hydrogens (tertiary/aromatic N) is 3. The van der Waals surface area contributed by atoms with Gasteiger partial charge in [-0.05, 0) is 43.7 Å². The SMILES string of the molecule is Nc1ccc2c(NC3CCOC(C4CC4)C3)ncnc2n1. The van der Waals surface area contributed by atoms with Crippen LogP contribution in [0.15, 0.2) is 18.5 Å². The maximum atomic E-state index is 5.87. The molecule has 0 aromatic carbocycles. The number of fused-ring (bicyclic) bond motifs is 1. The maximum absolute atomic E-state index is 5.87. The van der Waals surface area contributed by atoms with Gasteiger partial charge in [0.2, 0.25) is 0 Å². The molecule has 3 N–H and O–H groups in total. The third-order valence-corrected chi connectivity index (χ3v) is 4.32. The first-order valence-corrected chi connectivity index (χ1v) is 7.55. The maximum Gasteiger partial charge on any atom is 0.166 e. The molecule has 1 aliphatic carbocycles. The average molecular weight is 285 g/mol. The third-order valence-electron chi connectivity index (χ3n) is 4.32. The fourth-order valence-corrected chi connectivity index (χ4v) is 3.02. The van der Waals surface area contributed by atoms with Crippen molar-refractivity contribution >= 4 is 22.7 Å². The summed E-state index contributed by atoms with van der Waals surface area (Å²) in [5.41, 5.74) is 6.35. The summed E-state index contributed by atoms with van der Waals surface area (Å²) in [6.45, 7) is 0.826. The molecule has 4 rings (SSSR count). The van der Waals surface area contributed by atoms with Crippen molar-refractivity contribution < 1.29 is 4.74 Å². The molecular formula is C15H19N5O. The first-order valence-electron chi connectivity index (χ1n) is 7.55. The summed E-state index contributed by atoms with van der Waals surface area (Å²) in [5.74, 6) is 2.10. The van der Waals surface area contributed by atoms with Crippen molar-refractivity contribution in [2.45, 2.75) is 37.8 Å². The van der Waals surface area contributed by atoms with E-state index < -0.39 is 0 Å². The molecule has 1 aliphatic heterocycles. The lowest BCUT2D eigenvalue weighted by atomic mass is 10.00. The van der Waals surface area contributed by atoms with Gasteiger partial charge in [0.05, 0.1) is 11.5 Å². The zero-order valence-corrected chi connectivity index (χ0v) is 11.8. The molecule has 2 atom stereocenters.